The van der Waals surface area contributed by atoms with E-state index in [-0.39, 0.29) is 11.4 Å². The molecule has 3 N–H and O–H groups in total. The van der Waals surface area contributed by atoms with Crippen molar-refractivity contribution in [3.8, 4) is 11.5 Å². The summed E-state index contributed by atoms with van der Waals surface area (Å²) < 4.78 is 27.0. The highest BCUT2D eigenvalue weighted by molar-refractivity contribution is 7.95. The first-order valence-electron chi connectivity index (χ1n) is 7.16. The van der Waals surface area contributed by atoms with Crippen LogP contribution in [-0.2, 0) is 10.0 Å². The van der Waals surface area contributed by atoms with Crippen LogP contribution in [0, 0.1) is 0 Å². The molecular weight excluding hydrogens is 326 g/mol. The number of hydrogen-bond acceptors (Lipinski definition) is 4. The summed E-state index contributed by atoms with van der Waals surface area (Å²) in [6.45, 7) is 0. The maximum absolute atomic E-state index is 12.3. The summed E-state index contributed by atoms with van der Waals surface area (Å²) in [4.78, 5) is 0. The molecule has 0 unspecified atom stereocenters. The molecule has 0 aliphatic carbocycles. The van der Waals surface area contributed by atoms with Gasteiger partial charge < -0.3 is 10.2 Å². The fraction of sp³-hybridized carbons (Fsp3) is 0. The largest absolute Gasteiger partial charge is 0.504 e. The fourth-order valence-electron chi connectivity index (χ4n) is 2.35. The Morgan fingerprint density at radius 1 is 0.875 bits per heavy atom. The monoisotopic (exact) mass is 341 g/mol. The number of anilines is 1. The lowest BCUT2D eigenvalue weighted by atomic mass is 10.1. The summed E-state index contributed by atoms with van der Waals surface area (Å²) in [6, 6.07) is 16.9. The van der Waals surface area contributed by atoms with Gasteiger partial charge in [0.05, 0.1) is 11.1 Å². The van der Waals surface area contributed by atoms with Gasteiger partial charge in [-0.15, -0.1) is 0 Å². The molecule has 0 aromatic heterocycles. The number of benzene rings is 3. The van der Waals surface area contributed by atoms with Crippen molar-refractivity contribution in [1.29, 1.82) is 0 Å². The molecule has 0 radical (unpaired) electrons. The van der Waals surface area contributed by atoms with Crippen LogP contribution in [0.25, 0.3) is 16.8 Å². The number of nitrogens with one attached hydrogen (secondary N) is 1. The highest BCUT2D eigenvalue weighted by Crippen LogP contribution is 2.38. The van der Waals surface area contributed by atoms with Crippen LogP contribution in [-0.4, -0.2) is 18.6 Å². The summed E-state index contributed by atoms with van der Waals surface area (Å²) in [6.07, 6.45) is 1.48. The van der Waals surface area contributed by atoms with E-state index in [4.69, 9.17) is 0 Å². The lowest BCUT2D eigenvalue weighted by molar-refractivity contribution is 0.408. The zero-order valence-corrected chi connectivity index (χ0v) is 13.4. The van der Waals surface area contributed by atoms with Crippen LogP contribution in [0.4, 0.5) is 5.69 Å². The molecule has 24 heavy (non-hydrogen) atoms. The van der Waals surface area contributed by atoms with E-state index in [0.29, 0.717) is 10.8 Å². The molecule has 3 aromatic carbocycles. The predicted octanol–water partition coefficient (Wildman–Crippen LogP) is 3.66. The highest BCUT2D eigenvalue weighted by atomic mass is 32.2. The van der Waals surface area contributed by atoms with Crippen molar-refractivity contribution in [3.63, 3.8) is 0 Å². The molecule has 0 aliphatic rings. The quantitative estimate of drug-likeness (QED) is 0.499. The highest BCUT2D eigenvalue weighted by Gasteiger charge is 2.14. The van der Waals surface area contributed by atoms with Crippen molar-refractivity contribution in [2.24, 2.45) is 0 Å². The van der Waals surface area contributed by atoms with E-state index in [1.807, 2.05) is 18.2 Å². The summed E-state index contributed by atoms with van der Waals surface area (Å²) >= 11 is 0. The van der Waals surface area contributed by atoms with Crippen LogP contribution < -0.4 is 4.72 Å². The van der Waals surface area contributed by atoms with Gasteiger partial charge >= 0.3 is 0 Å². The van der Waals surface area contributed by atoms with Gasteiger partial charge in [-0.1, -0.05) is 54.6 Å². The molecule has 0 fully saturated rings. The van der Waals surface area contributed by atoms with E-state index in [0.717, 1.165) is 11.0 Å². The molecule has 3 rings (SSSR count). The van der Waals surface area contributed by atoms with E-state index < -0.39 is 15.8 Å². The van der Waals surface area contributed by atoms with Crippen LogP contribution in [0.1, 0.15) is 5.56 Å². The predicted molar refractivity (Wildman–Crippen MR) is 95.3 cm³/mol. The number of hydrogen-bond donors (Lipinski definition) is 3. The van der Waals surface area contributed by atoms with Gasteiger partial charge in [0, 0.05) is 16.8 Å². The first kappa shape index (κ1) is 15.9. The average Bonchev–Trinajstić information content (AvgIpc) is 2.58. The molecule has 0 bridgehead atoms. The van der Waals surface area contributed by atoms with Crippen molar-refractivity contribution in [2.45, 2.75) is 0 Å². The van der Waals surface area contributed by atoms with Crippen LogP contribution in [0.5, 0.6) is 11.5 Å². The topological polar surface area (TPSA) is 86.6 Å². The SMILES string of the molecule is O=S(=O)(/C=C/c1ccccc1)Nc1cc(O)c(O)c2ccccc12. The molecule has 0 atom stereocenters. The van der Waals surface area contributed by atoms with E-state index in [1.165, 1.54) is 12.1 Å². The first-order valence-corrected chi connectivity index (χ1v) is 8.70. The van der Waals surface area contributed by atoms with Crippen LogP contribution >= 0.6 is 0 Å². The molecule has 6 heteroatoms. The third-order valence-electron chi connectivity index (χ3n) is 3.49. The Labute approximate surface area is 139 Å². The molecule has 122 valence electrons. The number of fused-ring (bicyclic) bond motifs is 1. The third kappa shape index (κ3) is 3.33. The van der Waals surface area contributed by atoms with Crippen LogP contribution in [0.2, 0.25) is 0 Å². The Kier molecular flexibility index (Phi) is 4.14. The third-order valence-corrected chi connectivity index (χ3v) is 4.49. The molecule has 0 saturated heterocycles. The minimum absolute atomic E-state index is 0.193. The second kappa shape index (κ2) is 6.25. The lowest BCUT2D eigenvalue weighted by Crippen LogP contribution is -2.09. The normalized spacial score (nSPS) is 11.8. The number of phenols is 2. The Balaban J connectivity index is 1.97. The fourth-order valence-corrected chi connectivity index (χ4v) is 3.23. The van der Waals surface area contributed by atoms with Crippen LogP contribution in [0.15, 0.2) is 66.1 Å². The minimum atomic E-state index is -3.78. The lowest BCUT2D eigenvalue weighted by Gasteiger charge is -2.11. The summed E-state index contributed by atoms with van der Waals surface area (Å²) in [7, 11) is -3.78. The standard InChI is InChI=1S/C18H15NO4S/c20-17-12-16(14-8-4-5-9-15(14)18(17)21)19-24(22,23)11-10-13-6-2-1-3-7-13/h1-12,19-21H/b11-10+. The number of aromatic hydroxyl groups is 2. The second-order valence-electron chi connectivity index (χ2n) is 5.20. The minimum Gasteiger partial charge on any atom is -0.504 e. The molecule has 3 aromatic rings. The Bertz CT molecular complexity index is 1010. The Morgan fingerprint density at radius 2 is 1.50 bits per heavy atom. The summed E-state index contributed by atoms with van der Waals surface area (Å²) in [5.41, 5.74) is 0.944. The van der Waals surface area contributed by atoms with Crippen molar-refractivity contribution in [3.05, 3.63) is 71.6 Å². The zero-order valence-electron chi connectivity index (χ0n) is 12.5. The van der Waals surface area contributed by atoms with Crippen molar-refractivity contribution >= 4 is 32.6 Å². The van der Waals surface area contributed by atoms with Gasteiger partial charge in [-0.25, -0.2) is 8.42 Å². The zero-order chi connectivity index (χ0) is 17.2. The van der Waals surface area contributed by atoms with Gasteiger partial charge in [0.1, 0.15) is 0 Å². The molecule has 0 saturated carbocycles. The summed E-state index contributed by atoms with van der Waals surface area (Å²) in [5, 5.41) is 21.6. The van der Waals surface area contributed by atoms with E-state index in [9.17, 15) is 18.6 Å². The summed E-state index contributed by atoms with van der Waals surface area (Å²) in [5.74, 6) is -0.674. The molecule has 0 spiro atoms. The van der Waals surface area contributed by atoms with Gasteiger partial charge in [-0.2, -0.15) is 0 Å². The van der Waals surface area contributed by atoms with Gasteiger partial charge in [0.25, 0.3) is 10.0 Å². The van der Waals surface area contributed by atoms with Crippen molar-refractivity contribution in [2.75, 3.05) is 4.72 Å². The molecule has 0 aliphatic heterocycles. The van der Waals surface area contributed by atoms with Crippen LogP contribution in [0.3, 0.4) is 0 Å². The smallest absolute Gasteiger partial charge is 0.255 e. The maximum Gasteiger partial charge on any atom is 0.255 e. The van der Waals surface area contributed by atoms with Gasteiger partial charge in [0.2, 0.25) is 0 Å². The van der Waals surface area contributed by atoms with Gasteiger partial charge in [0.15, 0.2) is 11.5 Å². The first-order chi connectivity index (χ1) is 11.5. The van der Waals surface area contributed by atoms with Gasteiger partial charge in [-0.05, 0) is 11.6 Å². The van der Waals surface area contributed by atoms with E-state index >= 15 is 0 Å². The van der Waals surface area contributed by atoms with Crippen molar-refractivity contribution < 1.29 is 18.6 Å². The van der Waals surface area contributed by atoms with E-state index in [2.05, 4.69) is 4.72 Å². The number of sulfonamides is 1. The molecular formula is C18H15NO4S. The number of rotatable bonds is 4. The average molecular weight is 341 g/mol. The Morgan fingerprint density at radius 3 is 2.21 bits per heavy atom. The van der Waals surface area contributed by atoms with E-state index in [1.54, 1.807) is 36.4 Å². The molecule has 0 heterocycles. The second-order valence-corrected chi connectivity index (χ2v) is 6.76. The molecule has 5 nitrogen and oxygen atoms in total. The van der Waals surface area contributed by atoms with Crippen molar-refractivity contribution in [1.82, 2.24) is 0 Å². The Hall–Kier alpha value is -2.99. The molecule has 0 amide bonds. The maximum atomic E-state index is 12.3. The number of phenolic OH excluding ortho intramolecular Hbond substituents is 2. The van der Waals surface area contributed by atoms with Gasteiger partial charge in [-0.3, -0.25) is 4.72 Å².